The Morgan fingerprint density at radius 3 is 2.60 bits per heavy atom. The molecule has 1 fully saturated rings. The summed E-state index contributed by atoms with van der Waals surface area (Å²) in [4.78, 5) is 0. The number of halogens is 2. The van der Waals surface area contributed by atoms with Gasteiger partial charge in [0, 0.05) is 12.6 Å². The van der Waals surface area contributed by atoms with Crippen molar-refractivity contribution in [2.45, 2.75) is 19.4 Å². The summed E-state index contributed by atoms with van der Waals surface area (Å²) < 4.78 is 0. The van der Waals surface area contributed by atoms with E-state index < -0.39 is 0 Å². The van der Waals surface area contributed by atoms with Gasteiger partial charge >= 0.3 is 0 Å². The molecule has 2 nitrogen and oxygen atoms in total. The van der Waals surface area contributed by atoms with E-state index in [-0.39, 0.29) is 24.8 Å². The van der Waals surface area contributed by atoms with Crippen LogP contribution in [0.25, 0.3) is 0 Å². The first kappa shape index (κ1) is 13.1. The largest absolute Gasteiger partial charge is 0.315 e. The van der Waals surface area contributed by atoms with Crippen molar-refractivity contribution in [2.24, 2.45) is 0 Å². The molecule has 2 N–H and O–H groups in total. The molecule has 0 saturated carbocycles. The highest BCUT2D eigenvalue weighted by Crippen LogP contribution is 1.94. The highest BCUT2D eigenvalue weighted by atomic mass is 35.5. The summed E-state index contributed by atoms with van der Waals surface area (Å²) in [6.07, 6.45) is 1.30. The molecule has 1 rings (SSSR count). The van der Waals surface area contributed by atoms with Gasteiger partial charge < -0.3 is 10.6 Å². The predicted molar refractivity (Wildman–Crippen MR) is 49.4 cm³/mol. The molecule has 0 amide bonds. The van der Waals surface area contributed by atoms with Gasteiger partial charge in [-0.3, -0.25) is 0 Å². The van der Waals surface area contributed by atoms with Gasteiger partial charge in [-0.1, -0.05) is 6.92 Å². The van der Waals surface area contributed by atoms with Gasteiger partial charge in [0.2, 0.25) is 0 Å². The third kappa shape index (κ3) is 4.34. The molecule has 0 aromatic rings. The number of hydrogen-bond donors (Lipinski definition) is 2. The number of nitrogens with one attached hydrogen (secondary N) is 2. The normalized spacial score (nSPS) is 23.1. The monoisotopic (exact) mass is 186 g/mol. The maximum atomic E-state index is 3.38. The van der Waals surface area contributed by atoms with Crippen molar-refractivity contribution < 1.29 is 0 Å². The standard InChI is InChI=1S/C6H14N2.2ClH/c1-2-8-6-3-4-7-5-6;;/h6-8H,2-5H2,1H3;2*1H/t6-;;/m1../s1. The summed E-state index contributed by atoms with van der Waals surface area (Å²) in [5.41, 5.74) is 0. The van der Waals surface area contributed by atoms with E-state index in [0.29, 0.717) is 0 Å². The Bertz CT molecular complexity index is 64.8. The van der Waals surface area contributed by atoms with Crippen LogP contribution in [-0.4, -0.2) is 25.7 Å². The van der Waals surface area contributed by atoms with E-state index in [2.05, 4.69) is 17.6 Å². The van der Waals surface area contributed by atoms with Crippen molar-refractivity contribution >= 4 is 24.8 Å². The fourth-order valence-electron chi connectivity index (χ4n) is 1.12. The summed E-state index contributed by atoms with van der Waals surface area (Å²) in [5.74, 6) is 0. The van der Waals surface area contributed by atoms with Crippen LogP contribution in [0.15, 0.2) is 0 Å². The quantitative estimate of drug-likeness (QED) is 0.668. The Morgan fingerprint density at radius 1 is 1.50 bits per heavy atom. The van der Waals surface area contributed by atoms with Gasteiger partial charge in [-0.05, 0) is 19.5 Å². The van der Waals surface area contributed by atoms with Crippen molar-refractivity contribution in [2.75, 3.05) is 19.6 Å². The topological polar surface area (TPSA) is 24.1 Å². The molecule has 1 aliphatic heterocycles. The van der Waals surface area contributed by atoms with Crippen LogP contribution in [0, 0.1) is 0 Å². The second-order valence-corrected chi connectivity index (χ2v) is 2.25. The van der Waals surface area contributed by atoms with E-state index in [1.807, 2.05) is 0 Å². The van der Waals surface area contributed by atoms with Gasteiger partial charge in [-0.2, -0.15) is 0 Å². The molecule has 64 valence electrons. The van der Waals surface area contributed by atoms with Gasteiger partial charge in [-0.25, -0.2) is 0 Å². The van der Waals surface area contributed by atoms with Crippen LogP contribution in [0.3, 0.4) is 0 Å². The molecule has 1 heterocycles. The van der Waals surface area contributed by atoms with Crippen LogP contribution in [-0.2, 0) is 0 Å². The minimum Gasteiger partial charge on any atom is -0.315 e. The average Bonchev–Trinajstić information content (AvgIpc) is 2.19. The van der Waals surface area contributed by atoms with E-state index in [4.69, 9.17) is 0 Å². The second kappa shape index (κ2) is 7.61. The van der Waals surface area contributed by atoms with Gasteiger partial charge in [-0.15, -0.1) is 24.8 Å². The summed E-state index contributed by atoms with van der Waals surface area (Å²) >= 11 is 0. The molecule has 0 aromatic carbocycles. The summed E-state index contributed by atoms with van der Waals surface area (Å²) in [6, 6.07) is 0.750. The Labute approximate surface area is 75.0 Å². The van der Waals surface area contributed by atoms with Gasteiger partial charge in [0.1, 0.15) is 0 Å². The number of rotatable bonds is 2. The lowest BCUT2D eigenvalue weighted by Gasteiger charge is -2.06. The van der Waals surface area contributed by atoms with Gasteiger partial charge in [0.05, 0.1) is 0 Å². The van der Waals surface area contributed by atoms with Crippen LogP contribution in [0.4, 0.5) is 0 Å². The molecule has 4 heteroatoms. The average molecular weight is 187 g/mol. The Morgan fingerprint density at radius 2 is 2.20 bits per heavy atom. The third-order valence-electron chi connectivity index (χ3n) is 1.55. The fraction of sp³-hybridized carbons (Fsp3) is 1.00. The third-order valence-corrected chi connectivity index (χ3v) is 1.55. The summed E-state index contributed by atoms with van der Waals surface area (Å²) in [6.45, 7) is 5.61. The van der Waals surface area contributed by atoms with Gasteiger partial charge in [0.15, 0.2) is 0 Å². The maximum absolute atomic E-state index is 3.38. The first-order valence-corrected chi connectivity index (χ1v) is 3.37. The van der Waals surface area contributed by atoms with Crippen LogP contribution in [0.1, 0.15) is 13.3 Å². The molecule has 1 saturated heterocycles. The fourth-order valence-corrected chi connectivity index (χ4v) is 1.12. The van der Waals surface area contributed by atoms with Crippen molar-refractivity contribution in [1.82, 2.24) is 10.6 Å². The van der Waals surface area contributed by atoms with E-state index in [1.54, 1.807) is 0 Å². The van der Waals surface area contributed by atoms with Crippen LogP contribution >= 0.6 is 24.8 Å². The van der Waals surface area contributed by atoms with Crippen molar-refractivity contribution in [3.8, 4) is 0 Å². The second-order valence-electron chi connectivity index (χ2n) is 2.25. The van der Waals surface area contributed by atoms with Crippen LogP contribution in [0.5, 0.6) is 0 Å². The molecular weight excluding hydrogens is 171 g/mol. The smallest absolute Gasteiger partial charge is 0.0204 e. The van der Waals surface area contributed by atoms with E-state index in [1.165, 1.54) is 13.0 Å². The highest BCUT2D eigenvalue weighted by Gasteiger charge is 2.10. The molecule has 0 radical (unpaired) electrons. The first-order valence-electron chi connectivity index (χ1n) is 3.37. The zero-order chi connectivity index (χ0) is 5.82. The molecule has 1 aliphatic rings. The molecule has 1 atom stereocenters. The van der Waals surface area contributed by atoms with E-state index in [9.17, 15) is 0 Å². The maximum Gasteiger partial charge on any atom is 0.0204 e. The lowest BCUT2D eigenvalue weighted by Crippen LogP contribution is -2.30. The van der Waals surface area contributed by atoms with Crippen molar-refractivity contribution in [3.63, 3.8) is 0 Å². The number of likely N-dealkylation sites (N-methyl/N-ethyl adjacent to an activating group) is 1. The van der Waals surface area contributed by atoms with Crippen molar-refractivity contribution in [3.05, 3.63) is 0 Å². The molecule has 0 spiro atoms. The SMILES string of the molecule is CCN[C@@H]1CCNC1.Cl.Cl. The molecule has 10 heavy (non-hydrogen) atoms. The molecule has 0 bridgehead atoms. The summed E-state index contributed by atoms with van der Waals surface area (Å²) in [5, 5.41) is 6.68. The van der Waals surface area contributed by atoms with E-state index >= 15 is 0 Å². The Balaban J connectivity index is 0. The lowest BCUT2D eigenvalue weighted by molar-refractivity contribution is 0.567. The Kier molecular flexibility index (Phi) is 9.97. The highest BCUT2D eigenvalue weighted by molar-refractivity contribution is 5.85. The van der Waals surface area contributed by atoms with Gasteiger partial charge in [0.25, 0.3) is 0 Å². The lowest BCUT2D eigenvalue weighted by atomic mass is 10.3. The summed E-state index contributed by atoms with van der Waals surface area (Å²) in [7, 11) is 0. The molecule has 0 unspecified atom stereocenters. The number of hydrogen-bond acceptors (Lipinski definition) is 2. The Hall–Kier alpha value is 0.500. The molecular formula is C6H16Cl2N2. The zero-order valence-corrected chi connectivity index (χ0v) is 7.86. The molecule has 0 aliphatic carbocycles. The van der Waals surface area contributed by atoms with Crippen LogP contribution < -0.4 is 10.6 Å². The molecule has 0 aromatic heterocycles. The minimum absolute atomic E-state index is 0. The first-order chi connectivity index (χ1) is 3.93. The predicted octanol–water partition coefficient (Wildman–Crippen LogP) is 0.801. The van der Waals surface area contributed by atoms with Crippen molar-refractivity contribution in [1.29, 1.82) is 0 Å². The van der Waals surface area contributed by atoms with Crippen LogP contribution in [0.2, 0.25) is 0 Å². The minimum atomic E-state index is 0. The zero-order valence-electron chi connectivity index (χ0n) is 6.22. The van der Waals surface area contributed by atoms with E-state index in [0.717, 1.165) is 19.1 Å².